The fraction of sp³-hybridized carbons (Fsp3) is 0.214. The van der Waals surface area contributed by atoms with Crippen LogP contribution >= 0.6 is 11.6 Å². The van der Waals surface area contributed by atoms with Gasteiger partial charge in [0.2, 0.25) is 10.0 Å². The van der Waals surface area contributed by atoms with E-state index in [1.807, 2.05) is 31.2 Å². The van der Waals surface area contributed by atoms with E-state index < -0.39 is 16.0 Å². The molecule has 198 valence electrons. The first-order valence-corrected chi connectivity index (χ1v) is 13.7. The number of nitrogens with zero attached hydrogens (tertiary/aromatic N) is 2. The molecule has 38 heavy (non-hydrogen) atoms. The highest BCUT2D eigenvalue weighted by Gasteiger charge is 2.29. The maximum absolute atomic E-state index is 13.6. The van der Waals surface area contributed by atoms with Gasteiger partial charge in [-0.25, -0.2) is 18.2 Å². The van der Waals surface area contributed by atoms with Gasteiger partial charge in [0.25, 0.3) is 0 Å². The molecule has 0 unspecified atom stereocenters. The van der Waals surface area contributed by atoms with Crippen LogP contribution in [0.3, 0.4) is 0 Å². The highest BCUT2D eigenvalue weighted by atomic mass is 35.5. The standard InChI is InChI=1S/C28H27ClN2O6S/c1-4-36-28(33)26-19(3)30-25(27(26)32)15-22-11-12-23(37-22)17-31(16-20-7-5-18(2)6-8-20)38(34,35)24-13-9-21(29)10-14-24/h5-15,32H,4,16-17H2,1-3H3/b25-15+. The number of ether oxygens (including phenoxy) is 1. The molecule has 0 radical (unpaired) electrons. The van der Waals surface area contributed by atoms with Gasteiger partial charge in [-0.05, 0) is 62.7 Å². The normalized spacial score (nSPS) is 14.9. The highest BCUT2D eigenvalue weighted by Crippen LogP contribution is 2.28. The van der Waals surface area contributed by atoms with E-state index in [0.29, 0.717) is 22.3 Å². The third-order valence-corrected chi connectivity index (χ3v) is 7.89. The van der Waals surface area contributed by atoms with Crippen LogP contribution in [0.5, 0.6) is 0 Å². The van der Waals surface area contributed by atoms with E-state index in [1.54, 1.807) is 26.0 Å². The van der Waals surface area contributed by atoms with Crippen molar-refractivity contribution in [2.24, 2.45) is 4.99 Å². The van der Waals surface area contributed by atoms with Gasteiger partial charge in [-0.1, -0.05) is 41.4 Å². The number of carbonyl (C=O) groups excluding carboxylic acids is 1. The number of halogens is 1. The number of benzene rings is 2. The van der Waals surface area contributed by atoms with E-state index in [9.17, 15) is 18.3 Å². The minimum atomic E-state index is -3.90. The number of aliphatic hydroxyl groups is 1. The van der Waals surface area contributed by atoms with Crippen LogP contribution < -0.4 is 0 Å². The molecule has 2 heterocycles. The lowest BCUT2D eigenvalue weighted by Gasteiger charge is -2.21. The van der Waals surface area contributed by atoms with E-state index in [0.717, 1.165) is 11.1 Å². The Labute approximate surface area is 226 Å². The Hall–Kier alpha value is -3.66. The van der Waals surface area contributed by atoms with Crippen molar-refractivity contribution in [3.8, 4) is 0 Å². The molecule has 3 aromatic rings. The lowest BCUT2D eigenvalue weighted by atomic mass is 10.1. The summed E-state index contributed by atoms with van der Waals surface area (Å²) in [6.07, 6.45) is 1.48. The lowest BCUT2D eigenvalue weighted by molar-refractivity contribution is -0.138. The predicted molar refractivity (Wildman–Crippen MR) is 145 cm³/mol. The average Bonchev–Trinajstić information content (AvgIpc) is 3.43. The maximum atomic E-state index is 13.6. The lowest BCUT2D eigenvalue weighted by Crippen LogP contribution is -2.30. The molecule has 0 saturated carbocycles. The first-order chi connectivity index (χ1) is 18.1. The second kappa shape index (κ2) is 11.4. The molecule has 0 aliphatic carbocycles. The minimum Gasteiger partial charge on any atom is -0.505 e. The Morgan fingerprint density at radius 3 is 2.39 bits per heavy atom. The maximum Gasteiger partial charge on any atom is 0.343 e. The molecule has 0 saturated heterocycles. The topological polar surface area (TPSA) is 109 Å². The summed E-state index contributed by atoms with van der Waals surface area (Å²) in [4.78, 5) is 16.5. The highest BCUT2D eigenvalue weighted by molar-refractivity contribution is 7.89. The number of sulfonamides is 1. The van der Waals surface area contributed by atoms with E-state index in [4.69, 9.17) is 20.8 Å². The van der Waals surface area contributed by atoms with Crippen molar-refractivity contribution in [2.45, 2.75) is 38.8 Å². The predicted octanol–water partition coefficient (Wildman–Crippen LogP) is 5.82. The van der Waals surface area contributed by atoms with Crippen LogP contribution in [0.2, 0.25) is 5.02 Å². The molecule has 8 nitrogen and oxygen atoms in total. The minimum absolute atomic E-state index is 0.00297. The van der Waals surface area contributed by atoms with Gasteiger partial charge in [-0.2, -0.15) is 4.31 Å². The van der Waals surface area contributed by atoms with Gasteiger partial charge in [0.05, 0.1) is 23.8 Å². The van der Waals surface area contributed by atoms with Gasteiger partial charge in [0.1, 0.15) is 22.8 Å². The van der Waals surface area contributed by atoms with Gasteiger partial charge in [-0.15, -0.1) is 0 Å². The second-order valence-electron chi connectivity index (χ2n) is 8.69. The smallest absolute Gasteiger partial charge is 0.343 e. The number of rotatable bonds is 9. The first-order valence-electron chi connectivity index (χ1n) is 11.9. The molecule has 0 spiro atoms. The van der Waals surface area contributed by atoms with Gasteiger partial charge < -0.3 is 14.3 Å². The molecule has 4 rings (SSSR count). The number of carbonyl (C=O) groups is 1. The van der Waals surface area contributed by atoms with Gasteiger partial charge in [-0.3, -0.25) is 0 Å². The average molecular weight is 555 g/mol. The Morgan fingerprint density at radius 2 is 1.74 bits per heavy atom. The van der Waals surface area contributed by atoms with Crippen molar-refractivity contribution in [3.63, 3.8) is 0 Å². The van der Waals surface area contributed by atoms with Crippen molar-refractivity contribution in [1.29, 1.82) is 0 Å². The van der Waals surface area contributed by atoms with Crippen molar-refractivity contribution in [3.05, 3.63) is 105 Å². The van der Waals surface area contributed by atoms with Gasteiger partial charge in [0, 0.05) is 17.6 Å². The molecule has 0 amide bonds. The van der Waals surface area contributed by atoms with Crippen molar-refractivity contribution >= 4 is 39.4 Å². The zero-order valence-electron chi connectivity index (χ0n) is 21.1. The van der Waals surface area contributed by atoms with Crippen LogP contribution in [0.15, 0.2) is 92.0 Å². The molecular weight excluding hydrogens is 528 g/mol. The van der Waals surface area contributed by atoms with Crippen LogP contribution in [-0.4, -0.2) is 36.1 Å². The summed E-state index contributed by atoms with van der Waals surface area (Å²) in [5.41, 5.74) is 2.37. The zero-order valence-corrected chi connectivity index (χ0v) is 22.7. The molecule has 0 atom stereocenters. The van der Waals surface area contributed by atoms with E-state index in [-0.39, 0.29) is 41.6 Å². The summed E-state index contributed by atoms with van der Waals surface area (Å²) >= 11 is 5.96. The van der Waals surface area contributed by atoms with Crippen molar-refractivity contribution in [2.75, 3.05) is 6.61 Å². The van der Waals surface area contributed by atoms with Crippen LogP contribution in [0, 0.1) is 6.92 Å². The SMILES string of the molecule is CCOC(=O)C1=C(O)/C(=C\c2ccc(CN(Cc3ccc(C)cc3)S(=O)(=O)c3ccc(Cl)cc3)o2)N=C1C. The summed E-state index contributed by atoms with van der Waals surface area (Å²) in [6.45, 7) is 5.48. The summed E-state index contributed by atoms with van der Waals surface area (Å²) in [5.74, 6) is -0.240. The van der Waals surface area contributed by atoms with Crippen LogP contribution in [0.4, 0.5) is 0 Å². The zero-order chi connectivity index (χ0) is 27.4. The fourth-order valence-corrected chi connectivity index (χ4v) is 5.40. The number of hydrogen-bond acceptors (Lipinski definition) is 7. The molecule has 1 aliphatic heterocycles. The second-order valence-corrected chi connectivity index (χ2v) is 11.1. The van der Waals surface area contributed by atoms with Crippen LogP contribution in [0.1, 0.15) is 36.5 Å². The number of aliphatic imine (C=N–C) groups is 1. The van der Waals surface area contributed by atoms with E-state index in [2.05, 4.69) is 4.99 Å². The monoisotopic (exact) mass is 554 g/mol. The van der Waals surface area contributed by atoms with Crippen LogP contribution in [-0.2, 0) is 32.6 Å². The number of aryl methyl sites for hydroxylation is 1. The number of furan rings is 1. The van der Waals surface area contributed by atoms with Gasteiger partial charge in [0.15, 0.2) is 5.76 Å². The quantitative estimate of drug-likeness (QED) is 0.334. The van der Waals surface area contributed by atoms with Crippen molar-refractivity contribution < 1.29 is 27.5 Å². The summed E-state index contributed by atoms with van der Waals surface area (Å²) in [5, 5.41) is 11.0. The summed E-state index contributed by atoms with van der Waals surface area (Å²) in [6, 6.07) is 16.9. The molecular formula is C28H27ClN2O6S. The third kappa shape index (κ3) is 6.07. The summed E-state index contributed by atoms with van der Waals surface area (Å²) in [7, 11) is -3.90. The molecule has 2 aromatic carbocycles. The Bertz CT molecular complexity index is 1530. The van der Waals surface area contributed by atoms with Crippen molar-refractivity contribution in [1.82, 2.24) is 4.31 Å². The molecule has 1 aromatic heterocycles. The Morgan fingerprint density at radius 1 is 1.05 bits per heavy atom. The molecule has 0 bridgehead atoms. The molecule has 10 heteroatoms. The van der Waals surface area contributed by atoms with Gasteiger partial charge >= 0.3 is 5.97 Å². The summed E-state index contributed by atoms with van der Waals surface area (Å²) < 4.78 is 39.3. The first kappa shape index (κ1) is 27.4. The number of hydrogen-bond donors (Lipinski definition) is 1. The van der Waals surface area contributed by atoms with E-state index >= 15 is 0 Å². The largest absolute Gasteiger partial charge is 0.505 e. The Balaban J connectivity index is 1.62. The van der Waals surface area contributed by atoms with E-state index in [1.165, 1.54) is 34.6 Å². The van der Waals surface area contributed by atoms with Crippen LogP contribution in [0.25, 0.3) is 6.08 Å². The fourth-order valence-electron chi connectivity index (χ4n) is 3.88. The molecule has 1 aliphatic rings. The third-order valence-electron chi connectivity index (χ3n) is 5.83. The number of esters is 1. The Kier molecular flexibility index (Phi) is 8.20. The molecule has 1 N–H and O–H groups in total. The number of aliphatic hydroxyl groups excluding tert-OH is 1. The molecule has 0 fully saturated rings.